The molecule has 2 nitrogen and oxygen atoms in total. The number of halogens is 2. The lowest BCUT2D eigenvalue weighted by molar-refractivity contribution is -0.0557. The fraction of sp³-hybridized carbons (Fsp3) is 0.455. The van der Waals surface area contributed by atoms with Gasteiger partial charge in [-0.25, -0.2) is 0 Å². The van der Waals surface area contributed by atoms with E-state index >= 15 is 0 Å². The summed E-state index contributed by atoms with van der Waals surface area (Å²) in [6, 6.07) is 7.98. The van der Waals surface area contributed by atoms with E-state index in [9.17, 15) is 8.78 Å². The number of nitrogens with two attached hydrogens (primary N) is 1. The summed E-state index contributed by atoms with van der Waals surface area (Å²) < 4.78 is 27.3. The zero-order chi connectivity index (χ0) is 10.9. The van der Waals surface area contributed by atoms with Crippen LogP contribution < -0.4 is 5.73 Å². The Kier molecular flexibility index (Phi) is 2.71. The van der Waals surface area contributed by atoms with Gasteiger partial charge < -0.3 is 5.73 Å². The normalized spacial score (nSPS) is 18.9. The molecule has 0 atom stereocenters. The van der Waals surface area contributed by atoms with Gasteiger partial charge in [-0.05, 0) is 0 Å². The molecule has 1 saturated heterocycles. The quantitative estimate of drug-likeness (QED) is 0.821. The van der Waals surface area contributed by atoms with Crippen LogP contribution in [0.2, 0.25) is 0 Å². The number of hydrogen-bond donors (Lipinski definition) is 1. The largest absolute Gasteiger partial charge is 0.325 e. The predicted molar refractivity (Wildman–Crippen MR) is 54.8 cm³/mol. The van der Waals surface area contributed by atoms with E-state index in [0.717, 1.165) is 0 Å². The van der Waals surface area contributed by atoms with E-state index in [-0.39, 0.29) is 18.2 Å². The summed E-state index contributed by atoms with van der Waals surface area (Å²) in [7, 11) is 0. The minimum atomic E-state index is -2.78. The molecule has 15 heavy (non-hydrogen) atoms. The van der Waals surface area contributed by atoms with Gasteiger partial charge in [0.25, 0.3) is 5.92 Å². The van der Waals surface area contributed by atoms with E-state index in [1.807, 2.05) is 0 Å². The van der Waals surface area contributed by atoms with Crippen molar-refractivity contribution in [3.05, 3.63) is 35.9 Å². The average Bonchev–Trinajstić information content (AvgIpc) is 2.17. The molecule has 1 aliphatic heterocycles. The van der Waals surface area contributed by atoms with Crippen molar-refractivity contribution in [1.29, 1.82) is 0 Å². The summed E-state index contributed by atoms with van der Waals surface area (Å²) in [5.41, 5.74) is 5.61. The highest BCUT2D eigenvalue weighted by Crippen LogP contribution is 2.29. The van der Waals surface area contributed by atoms with E-state index in [1.54, 1.807) is 23.1 Å². The third kappa shape index (κ3) is 2.33. The van der Waals surface area contributed by atoms with Crippen LogP contribution in [-0.4, -0.2) is 30.6 Å². The lowest BCUT2D eigenvalue weighted by Crippen LogP contribution is -2.57. The molecule has 2 rings (SSSR count). The minimum Gasteiger partial charge on any atom is -0.325 e. The topological polar surface area (TPSA) is 29.3 Å². The molecule has 0 bridgehead atoms. The van der Waals surface area contributed by atoms with Crippen molar-refractivity contribution in [2.75, 3.05) is 19.6 Å². The molecule has 4 heteroatoms. The van der Waals surface area contributed by atoms with Crippen LogP contribution in [0.5, 0.6) is 0 Å². The Bertz CT molecular complexity index is 321. The highest BCUT2D eigenvalue weighted by molar-refractivity contribution is 5.20. The number of benzene rings is 1. The van der Waals surface area contributed by atoms with Crippen LogP contribution in [0.1, 0.15) is 5.56 Å². The highest BCUT2D eigenvalue weighted by atomic mass is 19.3. The van der Waals surface area contributed by atoms with Gasteiger partial charge in [0.05, 0.1) is 6.54 Å². The van der Waals surface area contributed by atoms with Crippen molar-refractivity contribution in [1.82, 2.24) is 4.90 Å². The molecular weight excluding hydrogens is 198 g/mol. The summed E-state index contributed by atoms with van der Waals surface area (Å²) in [4.78, 5) is 1.68. The first-order valence-electron chi connectivity index (χ1n) is 4.99. The Hall–Kier alpha value is -1.00. The van der Waals surface area contributed by atoms with Crippen molar-refractivity contribution in [2.24, 2.45) is 5.73 Å². The van der Waals surface area contributed by atoms with E-state index in [0.29, 0.717) is 13.1 Å². The van der Waals surface area contributed by atoms with Gasteiger partial charge >= 0.3 is 0 Å². The van der Waals surface area contributed by atoms with E-state index in [2.05, 4.69) is 0 Å². The summed E-state index contributed by atoms with van der Waals surface area (Å²) in [5, 5.41) is 0. The molecule has 82 valence electrons. The van der Waals surface area contributed by atoms with E-state index < -0.39 is 5.92 Å². The lowest BCUT2D eigenvalue weighted by Gasteiger charge is -2.38. The van der Waals surface area contributed by atoms with Gasteiger partial charge in [-0.2, -0.15) is 8.78 Å². The Labute approximate surface area is 87.7 Å². The highest BCUT2D eigenvalue weighted by Gasteiger charge is 2.37. The molecule has 0 saturated carbocycles. The minimum absolute atomic E-state index is 0.0663. The maximum absolute atomic E-state index is 13.7. The summed E-state index contributed by atoms with van der Waals surface area (Å²) >= 11 is 0. The number of nitrogens with zero attached hydrogens (tertiary/aromatic N) is 1. The number of likely N-dealkylation sites (tertiary alicyclic amines) is 1. The van der Waals surface area contributed by atoms with Gasteiger partial charge in [-0.15, -0.1) is 0 Å². The molecule has 2 N–H and O–H groups in total. The third-order valence-electron chi connectivity index (χ3n) is 2.60. The van der Waals surface area contributed by atoms with Crippen LogP contribution in [0.3, 0.4) is 0 Å². The van der Waals surface area contributed by atoms with Crippen LogP contribution in [-0.2, 0) is 5.92 Å². The van der Waals surface area contributed by atoms with Gasteiger partial charge in [-0.3, -0.25) is 4.90 Å². The lowest BCUT2D eigenvalue weighted by atomic mass is 10.0. The second-order valence-electron chi connectivity index (χ2n) is 4.02. The van der Waals surface area contributed by atoms with Gasteiger partial charge in [-0.1, -0.05) is 30.3 Å². The second kappa shape index (κ2) is 3.87. The molecule has 0 radical (unpaired) electrons. The molecule has 1 heterocycles. The Morgan fingerprint density at radius 3 is 2.40 bits per heavy atom. The van der Waals surface area contributed by atoms with Crippen LogP contribution in [0, 0.1) is 0 Å². The molecule has 0 spiro atoms. The first kappa shape index (κ1) is 10.5. The summed E-state index contributed by atoms with van der Waals surface area (Å²) in [6.45, 7) is 0.912. The first-order valence-corrected chi connectivity index (χ1v) is 4.99. The van der Waals surface area contributed by atoms with Crippen molar-refractivity contribution in [2.45, 2.75) is 12.0 Å². The van der Waals surface area contributed by atoms with Crippen molar-refractivity contribution in [3.63, 3.8) is 0 Å². The maximum Gasteiger partial charge on any atom is 0.285 e. The van der Waals surface area contributed by atoms with Gasteiger partial charge in [0.2, 0.25) is 0 Å². The van der Waals surface area contributed by atoms with Crippen LogP contribution in [0.25, 0.3) is 0 Å². The van der Waals surface area contributed by atoms with Gasteiger partial charge in [0.1, 0.15) is 0 Å². The maximum atomic E-state index is 13.7. The summed E-state index contributed by atoms with van der Waals surface area (Å²) in [5.74, 6) is -2.78. The van der Waals surface area contributed by atoms with Crippen molar-refractivity contribution in [3.8, 4) is 0 Å². The van der Waals surface area contributed by atoms with Crippen molar-refractivity contribution < 1.29 is 8.78 Å². The predicted octanol–water partition coefficient (Wildman–Crippen LogP) is 1.42. The zero-order valence-electron chi connectivity index (χ0n) is 8.37. The smallest absolute Gasteiger partial charge is 0.285 e. The third-order valence-corrected chi connectivity index (χ3v) is 2.60. The fourth-order valence-corrected chi connectivity index (χ4v) is 1.79. The monoisotopic (exact) mass is 212 g/mol. The fourth-order valence-electron chi connectivity index (χ4n) is 1.79. The van der Waals surface area contributed by atoms with Crippen molar-refractivity contribution >= 4 is 0 Å². The SMILES string of the molecule is NC1CN(CC(F)(F)c2ccccc2)C1. The van der Waals surface area contributed by atoms with Crippen LogP contribution in [0.15, 0.2) is 30.3 Å². The Morgan fingerprint density at radius 1 is 1.27 bits per heavy atom. The molecule has 1 aliphatic rings. The average molecular weight is 212 g/mol. The molecule has 0 aliphatic carbocycles. The van der Waals surface area contributed by atoms with Crippen LogP contribution in [0.4, 0.5) is 8.78 Å². The number of hydrogen-bond acceptors (Lipinski definition) is 2. The van der Waals surface area contributed by atoms with Crippen LogP contribution >= 0.6 is 0 Å². The Morgan fingerprint density at radius 2 is 1.87 bits per heavy atom. The van der Waals surface area contributed by atoms with Gasteiger partial charge in [0.15, 0.2) is 0 Å². The standard InChI is InChI=1S/C11H14F2N2/c12-11(13,8-15-6-10(14)7-15)9-4-2-1-3-5-9/h1-5,10H,6-8,14H2. The Balaban J connectivity index is 2.00. The molecule has 0 unspecified atom stereocenters. The summed E-state index contributed by atoms with van der Waals surface area (Å²) in [6.07, 6.45) is 0. The van der Waals surface area contributed by atoms with E-state index in [4.69, 9.17) is 5.73 Å². The van der Waals surface area contributed by atoms with E-state index in [1.165, 1.54) is 12.1 Å². The molecule has 1 aromatic rings. The first-order chi connectivity index (χ1) is 7.08. The molecule has 1 aromatic carbocycles. The van der Waals surface area contributed by atoms with Gasteiger partial charge in [0, 0.05) is 24.7 Å². The molecular formula is C11H14F2N2. The number of rotatable bonds is 3. The number of alkyl halides is 2. The molecule has 0 aromatic heterocycles. The zero-order valence-corrected chi connectivity index (χ0v) is 8.37. The molecule has 0 amide bonds. The molecule has 1 fully saturated rings. The second-order valence-corrected chi connectivity index (χ2v) is 4.02.